The highest BCUT2D eigenvalue weighted by molar-refractivity contribution is 5.87. The lowest BCUT2D eigenvalue weighted by Gasteiger charge is -2.62. The highest BCUT2D eigenvalue weighted by Gasteiger charge is 2.66. The van der Waals surface area contributed by atoms with Crippen molar-refractivity contribution in [1.82, 2.24) is 0 Å². The number of hydrogen-bond donors (Lipinski definition) is 0. The molecule has 0 saturated heterocycles. The zero-order valence-electron chi connectivity index (χ0n) is 22.8. The van der Waals surface area contributed by atoms with Crippen molar-refractivity contribution < 1.29 is 33.4 Å². The first-order valence-corrected chi connectivity index (χ1v) is 13.9. The largest absolute Gasteiger partial charge is 0.469 e. The molecule has 0 radical (unpaired) electrons. The molecule has 0 spiro atoms. The number of hydrogen-bond acceptors (Lipinski definition) is 7. The van der Waals surface area contributed by atoms with Gasteiger partial charge in [-0.15, -0.1) is 0 Å². The smallest absolute Gasteiger partial charge is 0.305 e. The molecule has 7 heteroatoms. The predicted molar refractivity (Wildman–Crippen MR) is 133 cm³/mol. The van der Waals surface area contributed by atoms with Crippen LogP contribution < -0.4 is 0 Å². The van der Waals surface area contributed by atoms with Crippen LogP contribution in [0, 0.1) is 46.3 Å². The third-order valence-corrected chi connectivity index (χ3v) is 10.9. The van der Waals surface area contributed by atoms with Crippen LogP contribution in [0.5, 0.6) is 0 Å². The summed E-state index contributed by atoms with van der Waals surface area (Å²) in [6.07, 6.45) is 6.44. The minimum atomic E-state index is -0.465. The second-order valence-electron chi connectivity index (χ2n) is 12.6. The lowest BCUT2D eigenvalue weighted by Crippen LogP contribution is -2.62. The minimum Gasteiger partial charge on any atom is -0.469 e. The van der Waals surface area contributed by atoms with E-state index in [1.807, 2.05) is 0 Å². The molecule has 4 aliphatic rings. The maximum Gasteiger partial charge on any atom is 0.305 e. The molecule has 0 aromatic heterocycles. The monoisotopic (exact) mass is 504 g/mol. The predicted octanol–water partition coefficient (Wildman–Crippen LogP) is 4.89. The van der Waals surface area contributed by atoms with Gasteiger partial charge in [0.15, 0.2) is 0 Å². The van der Waals surface area contributed by atoms with Gasteiger partial charge in [-0.25, -0.2) is 0 Å². The topological polar surface area (TPSA) is 96.0 Å². The fourth-order valence-corrected chi connectivity index (χ4v) is 9.14. The number of Topliss-reactive ketones (excluding diaryl/α,β-unsaturated/α-hetero) is 1. The van der Waals surface area contributed by atoms with Gasteiger partial charge < -0.3 is 14.2 Å². The number of ether oxygens (including phenoxy) is 3. The highest BCUT2D eigenvalue weighted by atomic mass is 16.5. The van der Waals surface area contributed by atoms with Crippen molar-refractivity contribution >= 4 is 23.7 Å². The van der Waals surface area contributed by atoms with Crippen molar-refractivity contribution in [2.75, 3.05) is 7.11 Å². The van der Waals surface area contributed by atoms with Crippen LogP contribution in [0.25, 0.3) is 0 Å². The van der Waals surface area contributed by atoms with Crippen LogP contribution in [0.4, 0.5) is 0 Å². The summed E-state index contributed by atoms with van der Waals surface area (Å²) in [5.74, 6) is 0.785. The van der Waals surface area contributed by atoms with Crippen molar-refractivity contribution in [2.45, 2.75) is 105 Å². The Morgan fingerprint density at radius 2 is 1.69 bits per heavy atom. The number of methoxy groups -OCH3 is 1. The van der Waals surface area contributed by atoms with Crippen molar-refractivity contribution in [2.24, 2.45) is 46.3 Å². The molecule has 0 unspecified atom stereocenters. The normalized spacial score (nSPS) is 42.4. The minimum absolute atomic E-state index is 0.0382. The summed E-state index contributed by atoms with van der Waals surface area (Å²) in [6.45, 7) is 9.57. The summed E-state index contributed by atoms with van der Waals surface area (Å²) in [6, 6.07) is 0. The molecule has 0 aromatic rings. The lowest BCUT2D eigenvalue weighted by atomic mass is 9.43. The second-order valence-corrected chi connectivity index (χ2v) is 12.6. The van der Waals surface area contributed by atoms with E-state index < -0.39 is 5.41 Å². The van der Waals surface area contributed by atoms with Gasteiger partial charge in [-0.05, 0) is 80.0 Å². The zero-order valence-corrected chi connectivity index (χ0v) is 22.8. The molecule has 0 bridgehead atoms. The van der Waals surface area contributed by atoms with E-state index in [4.69, 9.17) is 14.2 Å². The zero-order chi connectivity index (χ0) is 26.4. The molecule has 0 aromatic carbocycles. The number of carbonyl (C=O) groups is 4. The van der Waals surface area contributed by atoms with Crippen LogP contribution in [-0.2, 0) is 33.4 Å². The van der Waals surface area contributed by atoms with Crippen LogP contribution in [0.15, 0.2) is 0 Å². The van der Waals surface area contributed by atoms with E-state index >= 15 is 0 Å². The Hall–Kier alpha value is -1.92. The maximum absolute atomic E-state index is 14.0. The molecule has 4 saturated carbocycles. The van der Waals surface area contributed by atoms with Crippen LogP contribution in [0.3, 0.4) is 0 Å². The third-order valence-electron chi connectivity index (χ3n) is 10.9. The van der Waals surface area contributed by atoms with Crippen molar-refractivity contribution in [3.05, 3.63) is 0 Å². The lowest BCUT2D eigenvalue weighted by molar-refractivity contribution is -0.196. The van der Waals surface area contributed by atoms with E-state index in [1.54, 1.807) is 0 Å². The molecular weight excluding hydrogens is 460 g/mol. The van der Waals surface area contributed by atoms with Gasteiger partial charge >= 0.3 is 17.9 Å². The van der Waals surface area contributed by atoms with Gasteiger partial charge in [0, 0.05) is 38.0 Å². The van der Waals surface area contributed by atoms with Crippen LogP contribution in [0.2, 0.25) is 0 Å². The van der Waals surface area contributed by atoms with E-state index in [9.17, 15) is 19.2 Å². The van der Waals surface area contributed by atoms with Gasteiger partial charge in [-0.2, -0.15) is 0 Å². The third kappa shape index (κ3) is 4.60. The van der Waals surface area contributed by atoms with Crippen LogP contribution >= 0.6 is 0 Å². The Labute approximate surface area is 215 Å². The Morgan fingerprint density at radius 1 is 1.00 bits per heavy atom. The van der Waals surface area contributed by atoms with E-state index in [0.717, 1.165) is 38.5 Å². The summed E-state index contributed by atoms with van der Waals surface area (Å²) in [5, 5.41) is 0. The SMILES string of the molecule is COC(=O)CC[C@@H](C)[C@H]1CC[C@H]2[C@@H]3[C@@H](OC(C)=O)C[C@H]4C[C@@H](OC(C)=O)CC[C@]4(C)[C@H]3CC(=O)[C@]12C. The summed E-state index contributed by atoms with van der Waals surface area (Å²) < 4.78 is 16.5. The molecular formula is C29H44O7. The van der Waals surface area contributed by atoms with Crippen LogP contribution in [-0.4, -0.2) is 43.0 Å². The summed E-state index contributed by atoms with van der Waals surface area (Å²) in [5.41, 5.74) is -0.503. The molecule has 4 rings (SSSR count). The van der Waals surface area contributed by atoms with Crippen molar-refractivity contribution in [1.29, 1.82) is 0 Å². The summed E-state index contributed by atoms with van der Waals surface area (Å²) >= 11 is 0. The van der Waals surface area contributed by atoms with Gasteiger partial charge in [0.2, 0.25) is 0 Å². The maximum atomic E-state index is 14.0. The van der Waals surface area contributed by atoms with E-state index in [-0.39, 0.29) is 71.0 Å². The molecule has 4 fully saturated rings. The van der Waals surface area contributed by atoms with Gasteiger partial charge in [0.05, 0.1) is 7.11 Å². The molecule has 4 aliphatic carbocycles. The quantitative estimate of drug-likeness (QED) is 0.375. The van der Waals surface area contributed by atoms with E-state index in [0.29, 0.717) is 25.0 Å². The average molecular weight is 505 g/mol. The Bertz CT molecular complexity index is 898. The molecule has 0 heterocycles. The molecule has 0 aliphatic heterocycles. The van der Waals surface area contributed by atoms with E-state index in [1.165, 1.54) is 21.0 Å². The summed E-state index contributed by atoms with van der Waals surface area (Å²) in [4.78, 5) is 49.7. The van der Waals surface area contributed by atoms with Crippen molar-refractivity contribution in [3.63, 3.8) is 0 Å². The average Bonchev–Trinajstić information content (AvgIpc) is 3.16. The second kappa shape index (κ2) is 10.1. The Kier molecular flexibility index (Phi) is 7.60. The first-order valence-electron chi connectivity index (χ1n) is 13.9. The fourth-order valence-electron chi connectivity index (χ4n) is 9.14. The molecule has 10 atom stereocenters. The molecule has 7 nitrogen and oxygen atoms in total. The number of rotatable bonds is 6. The standard InChI is InChI=1S/C29H44O7/c1-16(7-10-26(33)34-6)21-8-9-22-27-23(15-25(32)29(21,22)5)28(4)12-11-20(35-17(2)30)13-19(28)14-24(27)36-18(3)31/h16,19-24,27H,7-15H2,1-6H3/t16-,19-,20+,21-,22+,23+,24+,27+,28+,29-/m1/s1. The van der Waals surface area contributed by atoms with Gasteiger partial charge in [-0.1, -0.05) is 20.8 Å². The Morgan fingerprint density at radius 3 is 2.33 bits per heavy atom. The molecule has 0 amide bonds. The van der Waals surface area contributed by atoms with Gasteiger partial charge in [0.25, 0.3) is 0 Å². The Balaban J connectivity index is 1.62. The number of carbonyl (C=O) groups excluding carboxylic acids is 4. The van der Waals surface area contributed by atoms with Crippen LogP contribution in [0.1, 0.15) is 92.4 Å². The number of esters is 3. The van der Waals surface area contributed by atoms with Crippen molar-refractivity contribution in [3.8, 4) is 0 Å². The number of ketones is 1. The molecule has 36 heavy (non-hydrogen) atoms. The first kappa shape index (κ1) is 27.1. The van der Waals surface area contributed by atoms with Gasteiger partial charge in [-0.3, -0.25) is 19.2 Å². The van der Waals surface area contributed by atoms with E-state index in [2.05, 4.69) is 20.8 Å². The van der Waals surface area contributed by atoms with Gasteiger partial charge in [0.1, 0.15) is 18.0 Å². The summed E-state index contributed by atoms with van der Waals surface area (Å²) in [7, 11) is 1.41. The molecule has 202 valence electrons. The first-order chi connectivity index (χ1) is 16.9. The number of fused-ring (bicyclic) bond motifs is 5. The molecule has 0 N–H and O–H groups in total. The highest BCUT2D eigenvalue weighted by Crippen LogP contribution is 2.67. The fraction of sp³-hybridized carbons (Fsp3) is 0.862.